The molecule has 1 rings (SSSR count). The molecule has 0 bridgehead atoms. The Balaban J connectivity index is 2.65. The molecule has 1 heterocycles. The summed E-state index contributed by atoms with van der Waals surface area (Å²) in [7, 11) is 1.92. The van der Waals surface area contributed by atoms with Crippen LogP contribution in [0.4, 0.5) is 0 Å². The molecule has 3 heteroatoms. The van der Waals surface area contributed by atoms with Gasteiger partial charge in [-0.3, -0.25) is 0 Å². The molecule has 0 unspecified atom stereocenters. The van der Waals surface area contributed by atoms with Crippen molar-refractivity contribution in [1.29, 1.82) is 0 Å². The summed E-state index contributed by atoms with van der Waals surface area (Å²) in [5.41, 5.74) is 1.06. The largest absolute Gasteiger partial charge is 0.393 e. The molecule has 1 atom stereocenters. The third-order valence-electron chi connectivity index (χ3n) is 1.42. The second kappa shape index (κ2) is 2.84. The first kappa shape index (κ1) is 7.28. The molecule has 0 aliphatic rings. The van der Waals surface area contributed by atoms with Crippen LogP contribution in [0.3, 0.4) is 0 Å². The summed E-state index contributed by atoms with van der Waals surface area (Å²) >= 11 is 0. The van der Waals surface area contributed by atoms with Gasteiger partial charge in [-0.05, 0) is 6.92 Å². The summed E-state index contributed by atoms with van der Waals surface area (Å²) in [6.45, 7) is 1.77. The quantitative estimate of drug-likeness (QED) is 0.643. The van der Waals surface area contributed by atoms with Crippen molar-refractivity contribution in [3.8, 4) is 0 Å². The van der Waals surface area contributed by atoms with Crippen molar-refractivity contribution in [1.82, 2.24) is 9.55 Å². The Hall–Kier alpha value is -0.830. The average molecular weight is 140 g/mol. The van der Waals surface area contributed by atoms with Gasteiger partial charge in [-0.25, -0.2) is 4.98 Å². The van der Waals surface area contributed by atoms with Gasteiger partial charge in [-0.15, -0.1) is 0 Å². The van der Waals surface area contributed by atoms with E-state index < -0.39 is 0 Å². The van der Waals surface area contributed by atoms with Gasteiger partial charge in [-0.1, -0.05) is 0 Å². The van der Waals surface area contributed by atoms with Crippen molar-refractivity contribution in [2.45, 2.75) is 19.4 Å². The first-order valence-electron chi connectivity index (χ1n) is 3.33. The predicted molar refractivity (Wildman–Crippen MR) is 38.6 cm³/mol. The Kier molecular flexibility index (Phi) is 2.06. The van der Waals surface area contributed by atoms with Crippen molar-refractivity contribution in [3.63, 3.8) is 0 Å². The molecular formula is C7H12N2O. The van der Waals surface area contributed by atoms with Gasteiger partial charge in [0.15, 0.2) is 0 Å². The lowest BCUT2D eigenvalue weighted by molar-refractivity contribution is 0.193. The van der Waals surface area contributed by atoms with E-state index in [-0.39, 0.29) is 6.10 Å². The summed E-state index contributed by atoms with van der Waals surface area (Å²) in [5, 5.41) is 9.01. The molecule has 1 aromatic rings. The Bertz CT molecular complexity index is 205. The number of aliphatic hydroxyl groups excluding tert-OH is 1. The topological polar surface area (TPSA) is 38.1 Å². The van der Waals surface area contributed by atoms with Crippen molar-refractivity contribution in [2.75, 3.05) is 0 Å². The van der Waals surface area contributed by atoms with Gasteiger partial charge in [-0.2, -0.15) is 0 Å². The lowest BCUT2D eigenvalue weighted by Crippen LogP contribution is -2.07. The molecule has 10 heavy (non-hydrogen) atoms. The minimum absolute atomic E-state index is 0.282. The maximum absolute atomic E-state index is 9.01. The Morgan fingerprint density at radius 2 is 2.50 bits per heavy atom. The van der Waals surface area contributed by atoms with E-state index >= 15 is 0 Å². The normalized spacial score (nSPS) is 13.5. The summed E-state index contributed by atoms with van der Waals surface area (Å²) in [6.07, 6.45) is 3.90. The Morgan fingerprint density at radius 1 is 1.80 bits per heavy atom. The fourth-order valence-electron chi connectivity index (χ4n) is 0.884. The van der Waals surface area contributed by atoms with Gasteiger partial charge in [0, 0.05) is 25.4 Å². The average Bonchev–Trinajstić information content (AvgIpc) is 2.15. The van der Waals surface area contributed by atoms with Crippen molar-refractivity contribution < 1.29 is 5.11 Å². The van der Waals surface area contributed by atoms with Gasteiger partial charge >= 0.3 is 0 Å². The minimum Gasteiger partial charge on any atom is -0.393 e. The zero-order valence-corrected chi connectivity index (χ0v) is 6.28. The molecule has 0 radical (unpaired) electrons. The highest BCUT2D eigenvalue weighted by Gasteiger charge is 2.01. The number of imidazole rings is 1. The fraction of sp³-hybridized carbons (Fsp3) is 0.571. The second-order valence-electron chi connectivity index (χ2n) is 2.55. The first-order valence-corrected chi connectivity index (χ1v) is 3.33. The van der Waals surface area contributed by atoms with Crippen molar-refractivity contribution in [2.24, 2.45) is 7.05 Å². The van der Waals surface area contributed by atoms with E-state index in [2.05, 4.69) is 4.98 Å². The van der Waals surface area contributed by atoms with Crippen LogP contribution in [0.1, 0.15) is 12.6 Å². The molecule has 0 amide bonds. The predicted octanol–water partition coefficient (Wildman–Crippen LogP) is 0.343. The number of aromatic nitrogens is 2. The lowest BCUT2D eigenvalue weighted by Gasteiger charge is -2.03. The van der Waals surface area contributed by atoms with E-state index in [0.717, 1.165) is 5.69 Å². The highest BCUT2D eigenvalue weighted by molar-refractivity contribution is 4.98. The molecule has 1 aromatic heterocycles. The van der Waals surface area contributed by atoms with Crippen LogP contribution < -0.4 is 0 Å². The molecule has 0 saturated carbocycles. The SMILES string of the molecule is C[C@H](O)Cc1cncn1C. The standard InChI is InChI=1S/C7H12N2O/c1-6(10)3-7-4-8-5-9(7)2/h4-6,10H,3H2,1-2H3/t6-/m0/s1. The molecule has 0 saturated heterocycles. The zero-order chi connectivity index (χ0) is 7.56. The molecule has 0 spiro atoms. The van der Waals surface area contributed by atoms with Crippen LogP contribution in [0.25, 0.3) is 0 Å². The first-order chi connectivity index (χ1) is 4.70. The van der Waals surface area contributed by atoms with Crippen molar-refractivity contribution in [3.05, 3.63) is 18.2 Å². The molecular weight excluding hydrogens is 128 g/mol. The number of hydrogen-bond donors (Lipinski definition) is 1. The molecule has 0 aromatic carbocycles. The minimum atomic E-state index is -0.282. The van der Waals surface area contributed by atoms with Crippen LogP contribution in [0.5, 0.6) is 0 Å². The third-order valence-corrected chi connectivity index (χ3v) is 1.42. The van der Waals surface area contributed by atoms with E-state index in [1.807, 2.05) is 11.6 Å². The van der Waals surface area contributed by atoms with Gasteiger partial charge in [0.1, 0.15) is 0 Å². The number of hydrogen-bond acceptors (Lipinski definition) is 2. The molecule has 0 fully saturated rings. The summed E-state index contributed by atoms with van der Waals surface area (Å²) < 4.78 is 1.91. The van der Waals surface area contributed by atoms with Crippen LogP contribution >= 0.6 is 0 Å². The maximum Gasteiger partial charge on any atom is 0.0945 e. The van der Waals surface area contributed by atoms with E-state index in [0.29, 0.717) is 6.42 Å². The fourth-order valence-corrected chi connectivity index (χ4v) is 0.884. The zero-order valence-electron chi connectivity index (χ0n) is 6.28. The van der Waals surface area contributed by atoms with Crippen LogP contribution in [0.2, 0.25) is 0 Å². The second-order valence-corrected chi connectivity index (χ2v) is 2.55. The van der Waals surface area contributed by atoms with Crippen LogP contribution in [-0.4, -0.2) is 20.8 Å². The highest BCUT2D eigenvalue weighted by Crippen LogP contribution is 1.99. The van der Waals surface area contributed by atoms with E-state index in [9.17, 15) is 0 Å². The number of rotatable bonds is 2. The van der Waals surface area contributed by atoms with E-state index in [1.165, 1.54) is 0 Å². The molecule has 0 aliphatic carbocycles. The Morgan fingerprint density at radius 3 is 2.90 bits per heavy atom. The summed E-state index contributed by atoms with van der Waals surface area (Å²) in [5.74, 6) is 0. The third kappa shape index (κ3) is 1.57. The van der Waals surface area contributed by atoms with Gasteiger partial charge in [0.25, 0.3) is 0 Å². The van der Waals surface area contributed by atoms with E-state index in [4.69, 9.17) is 5.11 Å². The highest BCUT2D eigenvalue weighted by atomic mass is 16.3. The van der Waals surface area contributed by atoms with Gasteiger partial charge in [0.2, 0.25) is 0 Å². The molecule has 3 nitrogen and oxygen atoms in total. The number of aryl methyl sites for hydroxylation is 1. The summed E-state index contributed by atoms with van der Waals surface area (Å²) in [6, 6.07) is 0. The maximum atomic E-state index is 9.01. The number of aliphatic hydroxyl groups is 1. The van der Waals surface area contributed by atoms with Gasteiger partial charge in [0.05, 0.1) is 12.4 Å². The molecule has 56 valence electrons. The molecule has 0 aliphatic heterocycles. The van der Waals surface area contributed by atoms with Crippen molar-refractivity contribution >= 4 is 0 Å². The van der Waals surface area contributed by atoms with Crippen LogP contribution in [0, 0.1) is 0 Å². The smallest absolute Gasteiger partial charge is 0.0945 e. The van der Waals surface area contributed by atoms with Crippen LogP contribution in [0.15, 0.2) is 12.5 Å². The van der Waals surface area contributed by atoms with E-state index in [1.54, 1.807) is 19.4 Å². The van der Waals surface area contributed by atoms with Crippen LogP contribution in [-0.2, 0) is 13.5 Å². The molecule has 1 N–H and O–H groups in total. The summed E-state index contributed by atoms with van der Waals surface area (Å²) in [4.78, 5) is 3.93. The lowest BCUT2D eigenvalue weighted by atomic mass is 10.2. The van der Waals surface area contributed by atoms with Gasteiger partial charge < -0.3 is 9.67 Å². The Labute approximate surface area is 60.3 Å². The monoisotopic (exact) mass is 140 g/mol. The number of nitrogens with zero attached hydrogens (tertiary/aromatic N) is 2.